The Morgan fingerprint density at radius 2 is 0.965 bits per heavy atom. The number of rotatable bonds is 6. The zero-order valence-corrected chi connectivity index (χ0v) is 30.7. The lowest BCUT2D eigenvalue weighted by Crippen LogP contribution is -2.15. The average Bonchev–Trinajstić information content (AvgIpc) is 3.96. The lowest BCUT2D eigenvalue weighted by Gasteiger charge is -2.31. The Hall–Kier alpha value is -7.56. The summed E-state index contributed by atoms with van der Waals surface area (Å²) < 4.78 is 19.8. The number of hydrogen-bond acceptors (Lipinski definition) is 4. The van der Waals surface area contributed by atoms with E-state index in [1.165, 1.54) is 11.1 Å². The van der Waals surface area contributed by atoms with Gasteiger partial charge in [0.15, 0.2) is 0 Å². The van der Waals surface area contributed by atoms with Crippen LogP contribution in [0, 0.1) is 0 Å². The number of anilines is 3. The molecule has 0 saturated carbocycles. The lowest BCUT2D eigenvalue weighted by molar-refractivity contribution is 0.668. The molecule has 0 radical (unpaired) electrons. The van der Waals surface area contributed by atoms with E-state index in [-0.39, 0.29) is 5.92 Å². The van der Waals surface area contributed by atoms with Gasteiger partial charge in [0.25, 0.3) is 0 Å². The lowest BCUT2D eigenvalue weighted by atomic mass is 9.82. The molecule has 0 saturated heterocycles. The summed E-state index contributed by atoms with van der Waals surface area (Å²) in [5, 5.41) is 8.74. The largest absolute Gasteiger partial charge is 0.456 e. The van der Waals surface area contributed by atoms with E-state index in [4.69, 9.17) is 13.3 Å². The summed E-state index contributed by atoms with van der Waals surface area (Å²) >= 11 is 0. The summed E-state index contributed by atoms with van der Waals surface area (Å²) in [6.45, 7) is 0. The van der Waals surface area contributed by atoms with E-state index in [2.05, 4.69) is 175 Å². The van der Waals surface area contributed by atoms with Crippen LogP contribution in [-0.4, -0.2) is 0 Å². The molecule has 0 spiro atoms. The second-order valence-corrected chi connectivity index (χ2v) is 14.8. The van der Waals surface area contributed by atoms with Crippen molar-refractivity contribution in [3.8, 4) is 0 Å². The third kappa shape index (κ3) is 4.94. The van der Waals surface area contributed by atoms with E-state index in [1.54, 1.807) is 0 Å². The number of benzene rings is 9. The summed E-state index contributed by atoms with van der Waals surface area (Å²) in [6.07, 6.45) is 0. The first kappa shape index (κ1) is 31.8. The molecule has 0 aliphatic heterocycles. The van der Waals surface area contributed by atoms with Crippen molar-refractivity contribution in [2.45, 2.75) is 5.92 Å². The van der Waals surface area contributed by atoms with E-state index in [9.17, 15) is 0 Å². The van der Waals surface area contributed by atoms with Crippen LogP contribution in [0.5, 0.6) is 0 Å². The molecule has 1 unspecified atom stereocenters. The standard InChI is InChI=1S/C53H33NO3/c1-3-14-34(15-4-1)50(35-24-29-47-44(31-35)40-20-10-12-22-46(40)55-47)42-28-30-48-51(43-26-23-33-13-7-8-18-38(33)53(43)57-48)52(42)54(36-16-5-2-6-17-36)37-25-27-41-39-19-9-11-21-45(39)56-49(41)32-37/h1-32,50H. The minimum Gasteiger partial charge on any atom is -0.456 e. The normalized spacial score (nSPS) is 12.5. The fourth-order valence-electron chi connectivity index (χ4n) is 9.03. The molecule has 0 aliphatic rings. The second kappa shape index (κ2) is 12.5. The predicted octanol–water partition coefficient (Wildman–Crippen LogP) is 15.2. The van der Waals surface area contributed by atoms with Gasteiger partial charge in [0.05, 0.1) is 11.1 Å². The topological polar surface area (TPSA) is 42.7 Å². The summed E-state index contributed by atoms with van der Waals surface area (Å²) in [4.78, 5) is 2.40. The molecule has 4 nitrogen and oxygen atoms in total. The first-order valence-electron chi connectivity index (χ1n) is 19.4. The van der Waals surface area contributed by atoms with Crippen molar-refractivity contribution in [1.29, 1.82) is 0 Å². The van der Waals surface area contributed by atoms with Crippen LogP contribution in [0.15, 0.2) is 207 Å². The molecule has 3 aromatic heterocycles. The van der Waals surface area contributed by atoms with Crippen molar-refractivity contribution >= 4 is 93.7 Å². The fraction of sp³-hybridized carbons (Fsp3) is 0.0189. The summed E-state index contributed by atoms with van der Waals surface area (Å²) in [7, 11) is 0. The van der Waals surface area contributed by atoms with Crippen molar-refractivity contribution in [3.63, 3.8) is 0 Å². The maximum atomic E-state index is 6.92. The quantitative estimate of drug-likeness (QED) is 0.160. The predicted molar refractivity (Wildman–Crippen MR) is 234 cm³/mol. The van der Waals surface area contributed by atoms with E-state index in [0.29, 0.717) is 0 Å². The Kier molecular flexibility index (Phi) is 6.96. The Balaban J connectivity index is 1.21. The highest BCUT2D eigenvalue weighted by Gasteiger charge is 2.30. The maximum absolute atomic E-state index is 6.92. The van der Waals surface area contributed by atoms with Crippen LogP contribution in [0.1, 0.15) is 22.6 Å². The van der Waals surface area contributed by atoms with Crippen LogP contribution in [0.3, 0.4) is 0 Å². The van der Waals surface area contributed by atoms with Gasteiger partial charge in [-0.15, -0.1) is 0 Å². The molecular weight excluding hydrogens is 699 g/mol. The number of furan rings is 3. The highest BCUT2D eigenvalue weighted by molar-refractivity contribution is 6.20. The molecule has 0 fully saturated rings. The molecule has 4 heteroatoms. The molecule has 12 rings (SSSR count). The van der Waals surface area contributed by atoms with E-state index in [1.807, 2.05) is 24.3 Å². The molecule has 0 bridgehead atoms. The van der Waals surface area contributed by atoms with E-state index < -0.39 is 0 Å². The van der Waals surface area contributed by atoms with Crippen molar-refractivity contribution in [2.75, 3.05) is 4.90 Å². The number of nitrogens with zero attached hydrogens (tertiary/aromatic N) is 1. The Morgan fingerprint density at radius 3 is 1.77 bits per heavy atom. The monoisotopic (exact) mass is 731 g/mol. The van der Waals surface area contributed by atoms with Crippen LogP contribution >= 0.6 is 0 Å². The molecule has 0 aliphatic carbocycles. The van der Waals surface area contributed by atoms with Gasteiger partial charge in [-0.2, -0.15) is 0 Å². The summed E-state index contributed by atoms with van der Waals surface area (Å²) in [5.41, 5.74) is 11.7. The molecule has 268 valence electrons. The van der Waals surface area contributed by atoms with E-state index >= 15 is 0 Å². The smallest absolute Gasteiger partial charge is 0.143 e. The zero-order valence-electron chi connectivity index (χ0n) is 30.7. The SMILES string of the molecule is c1ccc(C(c2ccc3oc4ccccc4c3c2)c2ccc3oc4c5ccccc5ccc4c3c2N(c2ccccc2)c2ccc3c(c2)oc2ccccc23)cc1. The number of para-hydroxylation sites is 3. The highest BCUT2D eigenvalue weighted by Crippen LogP contribution is 2.51. The molecule has 0 N–H and O–H groups in total. The molecule has 0 amide bonds. The molecule has 3 heterocycles. The van der Waals surface area contributed by atoms with Gasteiger partial charge in [-0.3, -0.25) is 0 Å². The summed E-state index contributed by atoms with van der Waals surface area (Å²) in [5.74, 6) is -0.157. The van der Waals surface area contributed by atoms with Gasteiger partial charge < -0.3 is 18.2 Å². The number of fused-ring (bicyclic) bond motifs is 11. The average molecular weight is 732 g/mol. The van der Waals surface area contributed by atoms with Crippen molar-refractivity contribution in [2.24, 2.45) is 0 Å². The minimum absolute atomic E-state index is 0.157. The molecule has 9 aromatic carbocycles. The summed E-state index contributed by atoms with van der Waals surface area (Å²) in [6, 6.07) is 68.7. The van der Waals surface area contributed by atoms with Crippen molar-refractivity contribution in [1.82, 2.24) is 0 Å². The molecule has 12 aromatic rings. The van der Waals surface area contributed by atoms with Crippen LogP contribution in [0.2, 0.25) is 0 Å². The van der Waals surface area contributed by atoms with Gasteiger partial charge in [-0.25, -0.2) is 0 Å². The van der Waals surface area contributed by atoms with Gasteiger partial charge in [-0.1, -0.05) is 127 Å². The van der Waals surface area contributed by atoms with Gasteiger partial charge in [0, 0.05) is 55.7 Å². The van der Waals surface area contributed by atoms with Crippen molar-refractivity contribution < 1.29 is 13.3 Å². The maximum Gasteiger partial charge on any atom is 0.143 e. The van der Waals surface area contributed by atoms with Crippen LogP contribution in [0.4, 0.5) is 17.1 Å². The van der Waals surface area contributed by atoms with Crippen LogP contribution < -0.4 is 4.90 Å². The Bertz CT molecular complexity index is 3480. The molecular formula is C53H33NO3. The third-order valence-corrected chi connectivity index (χ3v) is 11.6. The fourth-order valence-corrected chi connectivity index (χ4v) is 9.03. The van der Waals surface area contributed by atoms with Gasteiger partial charge in [-0.05, 0) is 82.7 Å². The highest BCUT2D eigenvalue weighted by atomic mass is 16.3. The first-order valence-corrected chi connectivity index (χ1v) is 19.4. The third-order valence-electron chi connectivity index (χ3n) is 11.6. The Morgan fingerprint density at radius 1 is 0.351 bits per heavy atom. The Labute approximate surface area is 327 Å². The molecule has 57 heavy (non-hydrogen) atoms. The minimum atomic E-state index is -0.157. The van der Waals surface area contributed by atoms with Crippen molar-refractivity contribution in [3.05, 3.63) is 211 Å². The zero-order chi connectivity index (χ0) is 37.5. The number of hydrogen-bond donors (Lipinski definition) is 0. The molecule has 1 atom stereocenters. The first-order chi connectivity index (χ1) is 28.3. The van der Waals surface area contributed by atoms with Crippen LogP contribution in [0.25, 0.3) is 76.6 Å². The van der Waals surface area contributed by atoms with Gasteiger partial charge in [0.1, 0.15) is 33.5 Å². The van der Waals surface area contributed by atoms with Gasteiger partial charge in [0.2, 0.25) is 0 Å². The van der Waals surface area contributed by atoms with Crippen LogP contribution in [-0.2, 0) is 0 Å². The van der Waals surface area contributed by atoms with E-state index in [0.717, 1.165) is 99.2 Å². The second-order valence-electron chi connectivity index (χ2n) is 14.8. The van der Waals surface area contributed by atoms with Gasteiger partial charge >= 0.3 is 0 Å².